The molecule has 1 aromatic heterocycles. The number of hydrogen-bond acceptors (Lipinski definition) is 4. The molecule has 0 radical (unpaired) electrons. The van der Waals surface area contributed by atoms with Crippen molar-refractivity contribution >= 4 is 12.0 Å². The average molecular weight is 205 g/mol. The van der Waals surface area contributed by atoms with Gasteiger partial charge in [-0.2, -0.15) is 5.26 Å². The van der Waals surface area contributed by atoms with Gasteiger partial charge >= 0.3 is 5.97 Å². The van der Waals surface area contributed by atoms with Gasteiger partial charge in [-0.05, 0) is 26.0 Å². The van der Waals surface area contributed by atoms with Crippen LogP contribution in [0, 0.1) is 11.3 Å². The minimum Gasteiger partial charge on any atom is -0.472 e. The van der Waals surface area contributed by atoms with E-state index in [1.165, 1.54) is 18.6 Å². The number of nitrogens with zero attached hydrogens (tertiary/aromatic N) is 1. The van der Waals surface area contributed by atoms with E-state index in [4.69, 9.17) is 14.4 Å². The van der Waals surface area contributed by atoms with Crippen molar-refractivity contribution in [2.45, 2.75) is 20.0 Å². The standard InChI is InChI=1S/C11H11NO3/c1-8(2)15-11(13)10(6-12)5-9-3-4-14-7-9/h3-5,7-8H,1-2H3. The topological polar surface area (TPSA) is 63.2 Å². The molecule has 0 N–H and O–H groups in total. The van der Waals surface area contributed by atoms with E-state index >= 15 is 0 Å². The van der Waals surface area contributed by atoms with Crippen molar-refractivity contribution in [2.75, 3.05) is 0 Å². The number of carbonyl (C=O) groups excluding carboxylic acids is 1. The molecule has 0 spiro atoms. The van der Waals surface area contributed by atoms with Crippen molar-refractivity contribution in [3.8, 4) is 6.07 Å². The monoisotopic (exact) mass is 205 g/mol. The van der Waals surface area contributed by atoms with E-state index in [-0.39, 0.29) is 11.7 Å². The molecule has 0 fully saturated rings. The first kappa shape index (κ1) is 11.1. The Labute approximate surface area is 87.8 Å². The van der Waals surface area contributed by atoms with Crippen LogP contribution in [-0.4, -0.2) is 12.1 Å². The molecular formula is C11H11NO3. The molecule has 0 aliphatic heterocycles. The molecule has 1 rings (SSSR count). The second-order valence-corrected chi connectivity index (χ2v) is 3.18. The number of hydrogen-bond donors (Lipinski definition) is 0. The van der Waals surface area contributed by atoms with Crippen molar-refractivity contribution in [3.63, 3.8) is 0 Å². The zero-order chi connectivity index (χ0) is 11.3. The van der Waals surface area contributed by atoms with Crippen LogP contribution in [0.4, 0.5) is 0 Å². The third-order valence-electron chi connectivity index (χ3n) is 1.54. The zero-order valence-electron chi connectivity index (χ0n) is 8.56. The smallest absolute Gasteiger partial charge is 0.349 e. The summed E-state index contributed by atoms with van der Waals surface area (Å²) in [5.41, 5.74) is 0.623. The van der Waals surface area contributed by atoms with Crippen LogP contribution in [0.5, 0.6) is 0 Å². The molecule has 4 nitrogen and oxygen atoms in total. The minimum atomic E-state index is -0.617. The Morgan fingerprint density at radius 1 is 1.67 bits per heavy atom. The quantitative estimate of drug-likeness (QED) is 0.431. The highest BCUT2D eigenvalue weighted by molar-refractivity contribution is 5.97. The maximum absolute atomic E-state index is 11.4. The van der Waals surface area contributed by atoms with Gasteiger partial charge in [-0.3, -0.25) is 0 Å². The van der Waals surface area contributed by atoms with Gasteiger partial charge in [0.05, 0.1) is 18.6 Å². The van der Waals surface area contributed by atoms with Crippen molar-refractivity contribution in [1.29, 1.82) is 5.26 Å². The Kier molecular flexibility index (Phi) is 3.69. The van der Waals surface area contributed by atoms with Gasteiger partial charge < -0.3 is 9.15 Å². The Morgan fingerprint density at radius 3 is 2.87 bits per heavy atom. The molecule has 0 saturated heterocycles. The van der Waals surface area contributed by atoms with Gasteiger partial charge in [0, 0.05) is 5.56 Å². The lowest BCUT2D eigenvalue weighted by Gasteiger charge is -2.05. The second-order valence-electron chi connectivity index (χ2n) is 3.18. The molecule has 4 heteroatoms. The fourth-order valence-electron chi connectivity index (χ4n) is 0.938. The molecular weight excluding hydrogens is 194 g/mol. The summed E-state index contributed by atoms with van der Waals surface area (Å²) < 4.78 is 9.71. The van der Waals surface area contributed by atoms with Crippen LogP contribution in [0.2, 0.25) is 0 Å². The molecule has 1 heterocycles. The lowest BCUT2D eigenvalue weighted by molar-refractivity contribution is -0.142. The van der Waals surface area contributed by atoms with E-state index < -0.39 is 5.97 Å². The molecule has 0 unspecified atom stereocenters. The molecule has 15 heavy (non-hydrogen) atoms. The van der Waals surface area contributed by atoms with Crippen molar-refractivity contribution in [3.05, 3.63) is 29.7 Å². The van der Waals surface area contributed by atoms with E-state index in [2.05, 4.69) is 0 Å². The summed E-state index contributed by atoms with van der Waals surface area (Å²) in [6.45, 7) is 3.45. The Morgan fingerprint density at radius 2 is 2.40 bits per heavy atom. The van der Waals surface area contributed by atoms with Gasteiger partial charge in [-0.25, -0.2) is 4.79 Å². The third kappa shape index (κ3) is 3.31. The molecule has 0 aliphatic carbocycles. The number of nitriles is 1. The van der Waals surface area contributed by atoms with E-state index in [1.54, 1.807) is 26.0 Å². The van der Waals surface area contributed by atoms with Gasteiger partial charge in [0.2, 0.25) is 0 Å². The normalized spacial score (nSPS) is 11.2. The summed E-state index contributed by atoms with van der Waals surface area (Å²) >= 11 is 0. The van der Waals surface area contributed by atoms with Crippen molar-refractivity contribution < 1.29 is 13.9 Å². The number of furan rings is 1. The highest BCUT2D eigenvalue weighted by atomic mass is 16.5. The Balaban J connectivity index is 2.81. The lowest BCUT2D eigenvalue weighted by Crippen LogP contribution is -2.12. The van der Waals surface area contributed by atoms with E-state index in [0.717, 1.165) is 0 Å². The van der Waals surface area contributed by atoms with Crippen LogP contribution in [0.1, 0.15) is 19.4 Å². The fourth-order valence-corrected chi connectivity index (χ4v) is 0.938. The van der Waals surface area contributed by atoms with Gasteiger partial charge in [0.1, 0.15) is 11.6 Å². The fraction of sp³-hybridized carbons (Fsp3) is 0.273. The largest absolute Gasteiger partial charge is 0.472 e. The predicted octanol–water partition coefficient (Wildman–Crippen LogP) is 2.14. The Hall–Kier alpha value is -2.02. The highest BCUT2D eigenvalue weighted by Gasteiger charge is 2.12. The van der Waals surface area contributed by atoms with E-state index in [9.17, 15) is 4.79 Å². The molecule has 1 aromatic rings. The van der Waals surface area contributed by atoms with Gasteiger partial charge in [0.25, 0.3) is 0 Å². The van der Waals surface area contributed by atoms with E-state index in [1.807, 2.05) is 0 Å². The molecule has 0 bridgehead atoms. The third-order valence-corrected chi connectivity index (χ3v) is 1.54. The number of carbonyl (C=O) groups is 1. The van der Waals surface area contributed by atoms with Gasteiger partial charge in [0.15, 0.2) is 0 Å². The summed E-state index contributed by atoms with van der Waals surface area (Å²) in [4.78, 5) is 11.4. The molecule has 0 saturated carbocycles. The lowest BCUT2D eigenvalue weighted by atomic mass is 10.2. The average Bonchev–Trinajstić information content (AvgIpc) is 2.65. The Bertz CT molecular complexity index is 396. The maximum Gasteiger partial charge on any atom is 0.349 e. The first-order valence-electron chi connectivity index (χ1n) is 4.48. The van der Waals surface area contributed by atoms with Gasteiger partial charge in [-0.1, -0.05) is 0 Å². The van der Waals surface area contributed by atoms with Crippen LogP contribution in [0.15, 0.2) is 28.6 Å². The SMILES string of the molecule is CC(C)OC(=O)C(C#N)=Cc1ccoc1. The minimum absolute atomic E-state index is 0.0369. The van der Waals surface area contributed by atoms with Crippen LogP contribution in [0.3, 0.4) is 0 Å². The zero-order valence-corrected chi connectivity index (χ0v) is 8.56. The maximum atomic E-state index is 11.4. The number of rotatable bonds is 3. The molecule has 0 aromatic carbocycles. The van der Waals surface area contributed by atoms with Crippen LogP contribution in [0.25, 0.3) is 6.08 Å². The molecule has 0 amide bonds. The first-order valence-corrected chi connectivity index (χ1v) is 4.48. The summed E-state index contributed by atoms with van der Waals surface area (Å²) in [5, 5.41) is 8.76. The second kappa shape index (κ2) is 5.01. The summed E-state index contributed by atoms with van der Waals surface area (Å²) in [5.74, 6) is -0.617. The van der Waals surface area contributed by atoms with E-state index in [0.29, 0.717) is 5.56 Å². The van der Waals surface area contributed by atoms with Gasteiger partial charge in [-0.15, -0.1) is 0 Å². The van der Waals surface area contributed by atoms with Crippen molar-refractivity contribution in [1.82, 2.24) is 0 Å². The molecule has 0 atom stereocenters. The number of ether oxygens (including phenoxy) is 1. The molecule has 78 valence electrons. The van der Waals surface area contributed by atoms with Crippen LogP contribution < -0.4 is 0 Å². The molecule has 0 aliphatic rings. The van der Waals surface area contributed by atoms with Crippen molar-refractivity contribution in [2.24, 2.45) is 0 Å². The number of esters is 1. The predicted molar refractivity (Wildman–Crippen MR) is 53.5 cm³/mol. The van der Waals surface area contributed by atoms with Crippen LogP contribution in [-0.2, 0) is 9.53 Å². The van der Waals surface area contributed by atoms with Crippen LogP contribution >= 0.6 is 0 Å². The summed E-state index contributed by atoms with van der Waals surface area (Å²) in [6.07, 6.45) is 4.10. The highest BCUT2D eigenvalue weighted by Crippen LogP contribution is 2.09. The summed E-state index contributed by atoms with van der Waals surface area (Å²) in [6, 6.07) is 3.44. The summed E-state index contributed by atoms with van der Waals surface area (Å²) in [7, 11) is 0. The first-order chi connectivity index (χ1) is 7.13.